The predicted octanol–water partition coefficient (Wildman–Crippen LogP) is 4.05. The topological polar surface area (TPSA) is 58.6 Å². The van der Waals surface area contributed by atoms with Crippen molar-refractivity contribution in [2.24, 2.45) is 0 Å². The number of rotatable bonds is 8. The molecular formula is C24H30N2O3S. The summed E-state index contributed by atoms with van der Waals surface area (Å²) in [5.74, 6) is 2.18. The predicted molar refractivity (Wildman–Crippen MR) is 122 cm³/mol. The van der Waals surface area contributed by atoms with E-state index < -0.39 is 0 Å². The van der Waals surface area contributed by atoms with Crippen LogP contribution < -0.4 is 10.1 Å². The summed E-state index contributed by atoms with van der Waals surface area (Å²) in [6.45, 7) is 5.94. The number of ether oxygens (including phenoxy) is 1. The Labute approximate surface area is 183 Å². The Hall–Kier alpha value is -2.47. The fourth-order valence-corrected chi connectivity index (χ4v) is 4.39. The highest BCUT2D eigenvalue weighted by Gasteiger charge is 2.24. The highest BCUT2D eigenvalue weighted by molar-refractivity contribution is 7.99. The van der Waals surface area contributed by atoms with E-state index in [0.29, 0.717) is 31.0 Å². The maximum Gasteiger partial charge on any atom is 0.253 e. The van der Waals surface area contributed by atoms with E-state index in [1.54, 1.807) is 11.8 Å². The van der Waals surface area contributed by atoms with Crippen molar-refractivity contribution >= 4 is 23.6 Å². The molecule has 2 aromatic carbocycles. The molecule has 1 aliphatic heterocycles. The van der Waals surface area contributed by atoms with E-state index in [1.165, 1.54) is 11.1 Å². The second-order valence-corrected chi connectivity index (χ2v) is 8.56. The van der Waals surface area contributed by atoms with Gasteiger partial charge in [0, 0.05) is 30.4 Å². The second kappa shape index (κ2) is 11.1. The van der Waals surface area contributed by atoms with Crippen LogP contribution >= 0.6 is 11.8 Å². The lowest BCUT2D eigenvalue weighted by atomic mass is 10.0. The van der Waals surface area contributed by atoms with Gasteiger partial charge in [0.05, 0.1) is 12.4 Å². The fraction of sp³-hybridized carbons (Fsp3) is 0.417. The number of carbonyl (C=O) groups is 2. The standard InChI is InChI=1S/C24H30N2O3S/c1-3-29-22-9-7-20(8-10-22)24(28)26-13-11-21(12-14-26)25-23(27)17-30-16-19-6-4-5-18(2)15-19/h4-10,15,21H,3,11-14,16-17H2,1-2H3,(H,25,27). The number of piperidine rings is 1. The first-order valence-corrected chi connectivity index (χ1v) is 11.7. The molecule has 160 valence electrons. The number of nitrogens with zero attached hydrogens (tertiary/aromatic N) is 1. The lowest BCUT2D eigenvalue weighted by molar-refractivity contribution is -0.119. The molecule has 1 aliphatic rings. The third-order valence-electron chi connectivity index (χ3n) is 5.14. The van der Waals surface area contributed by atoms with Crippen LogP contribution in [0.25, 0.3) is 0 Å². The van der Waals surface area contributed by atoms with Crippen molar-refractivity contribution in [2.45, 2.75) is 38.5 Å². The molecule has 3 rings (SSSR count). The van der Waals surface area contributed by atoms with Gasteiger partial charge in [0.1, 0.15) is 5.75 Å². The number of hydrogen-bond acceptors (Lipinski definition) is 4. The van der Waals surface area contributed by atoms with E-state index in [-0.39, 0.29) is 17.9 Å². The van der Waals surface area contributed by atoms with E-state index in [1.807, 2.05) is 42.2 Å². The number of aryl methyl sites for hydroxylation is 1. The molecule has 30 heavy (non-hydrogen) atoms. The van der Waals surface area contributed by atoms with Crippen LogP contribution in [0.1, 0.15) is 41.3 Å². The Morgan fingerprint density at radius 1 is 1.13 bits per heavy atom. The van der Waals surface area contributed by atoms with Crippen molar-refractivity contribution in [3.63, 3.8) is 0 Å². The first kappa shape index (κ1) is 22.2. The molecule has 0 spiro atoms. The maximum atomic E-state index is 12.7. The minimum atomic E-state index is 0.0385. The van der Waals surface area contributed by atoms with Crippen molar-refractivity contribution < 1.29 is 14.3 Å². The number of carbonyl (C=O) groups excluding carboxylic acids is 2. The molecule has 6 heteroatoms. The Bertz CT molecular complexity index is 846. The van der Waals surface area contributed by atoms with Gasteiger partial charge >= 0.3 is 0 Å². The Kier molecular flexibility index (Phi) is 8.20. The maximum absolute atomic E-state index is 12.7. The summed E-state index contributed by atoms with van der Waals surface area (Å²) in [4.78, 5) is 26.8. The molecule has 5 nitrogen and oxygen atoms in total. The average Bonchev–Trinajstić information content (AvgIpc) is 2.75. The molecule has 0 radical (unpaired) electrons. The monoisotopic (exact) mass is 426 g/mol. The molecule has 1 fully saturated rings. The summed E-state index contributed by atoms with van der Waals surface area (Å²) in [5.41, 5.74) is 3.16. The number of nitrogens with one attached hydrogen (secondary N) is 1. The van der Waals surface area contributed by atoms with E-state index in [0.717, 1.165) is 24.3 Å². The Morgan fingerprint density at radius 2 is 1.87 bits per heavy atom. The van der Waals surface area contributed by atoms with Gasteiger partial charge in [-0.25, -0.2) is 0 Å². The minimum Gasteiger partial charge on any atom is -0.494 e. The highest BCUT2D eigenvalue weighted by Crippen LogP contribution is 2.18. The molecule has 1 heterocycles. The lowest BCUT2D eigenvalue weighted by Crippen LogP contribution is -2.47. The summed E-state index contributed by atoms with van der Waals surface area (Å²) in [5, 5.41) is 3.12. The summed E-state index contributed by atoms with van der Waals surface area (Å²) < 4.78 is 5.43. The quantitative estimate of drug-likeness (QED) is 0.692. The van der Waals surface area contributed by atoms with Gasteiger partial charge in [-0.05, 0) is 56.5 Å². The molecular weight excluding hydrogens is 396 g/mol. The molecule has 0 atom stereocenters. The van der Waals surface area contributed by atoms with Gasteiger partial charge in [0.25, 0.3) is 5.91 Å². The molecule has 0 aromatic heterocycles. The van der Waals surface area contributed by atoms with E-state index in [4.69, 9.17) is 4.74 Å². The van der Waals surface area contributed by atoms with Gasteiger partial charge in [0.15, 0.2) is 0 Å². The second-order valence-electron chi connectivity index (χ2n) is 7.57. The Balaban J connectivity index is 1.38. The average molecular weight is 427 g/mol. The highest BCUT2D eigenvalue weighted by atomic mass is 32.2. The van der Waals surface area contributed by atoms with Crippen LogP contribution in [0, 0.1) is 6.92 Å². The molecule has 0 aliphatic carbocycles. The van der Waals surface area contributed by atoms with Crippen LogP contribution in [0.3, 0.4) is 0 Å². The van der Waals surface area contributed by atoms with Gasteiger partial charge in [-0.3, -0.25) is 9.59 Å². The summed E-state index contributed by atoms with van der Waals surface area (Å²) in [6, 6.07) is 15.8. The zero-order valence-corrected chi connectivity index (χ0v) is 18.5. The van der Waals surface area contributed by atoms with Crippen LogP contribution in [0.15, 0.2) is 48.5 Å². The van der Waals surface area contributed by atoms with Crippen LogP contribution in [0.2, 0.25) is 0 Å². The van der Waals surface area contributed by atoms with Gasteiger partial charge in [0.2, 0.25) is 5.91 Å². The molecule has 0 unspecified atom stereocenters. The van der Waals surface area contributed by atoms with Gasteiger partial charge in [-0.15, -0.1) is 11.8 Å². The zero-order valence-electron chi connectivity index (χ0n) is 17.7. The largest absolute Gasteiger partial charge is 0.494 e. The fourth-order valence-electron chi connectivity index (χ4n) is 3.60. The number of amides is 2. The molecule has 2 amide bonds. The molecule has 0 saturated carbocycles. The van der Waals surface area contributed by atoms with Crippen LogP contribution in [-0.2, 0) is 10.5 Å². The molecule has 1 N–H and O–H groups in total. The van der Waals surface area contributed by atoms with Crippen LogP contribution in [0.4, 0.5) is 0 Å². The number of benzene rings is 2. The minimum absolute atomic E-state index is 0.0385. The van der Waals surface area contributed by atoms with Crippen molar-refractivity contribution in [1.29, 1.82) is 0 Å². The van der Waals surface area contributed by atoms with Crippen molar-refractivity contribution in [1.82, 2.24) is 10.2 Å². The number of likely N-dealkylation sites (tertiary alicyclic amines) is 1. The van der Waals surface area contributed by atoms with E-state index in [9.17, 15) is 9.59 Å². The van der Waals surface area contributed by atoms with Gasteiger partial charge in [-0.2, -0.15) is 0 Å². The smallest absolute Gasteiger partial charge is 0.253 e. The number of hydrogen-bond donors (Lipinski definition) is 1. The van der Waals surface area contributed by atoms with E-state index >= 15 is 0 Å². The van der Waals surface area contributed by atoms with E-state index in [2.05, 4.69) is 30.4 Å². The summed E-state index contributed by atoms with van der Waals surface area (Å²) in [7, 11) is 0. The molecule has 2 aromatic rings. The van der Waals surface area contributed by atoms with Crippen molar-refractivity contribution in [3.05, 3.63) is 65.2 Å². The normalized spacial score (nSPS) is 14.4. The first-order chi connectivity index (χ1) is 14.5. The summed E-state index contributed by atoms with van der Waals surface area (Å²) in [6.07, 6.45) is 1.58. The van der Waals surface area contributed by atoms with Crippen molar-refractivity contribution in [2.75, 3.05) is 25.4 Å². The lowest BCUT2D eigenvalue weighted by Gasteiger charge is -2.32. The first-order valence-electron chi connectivity index (χ1n) is 10.5. The third kappa shape index (κ3) is 6.52. The summed E-state index contributed by atoms with van der Waals surface area (Å²) >= 11 is 1.63. The van der Waals surface area contributed by atoms with Gasteiger partial charge in [-0.1, -0.05) is 29.8 Å². The molecule has 1 saturated heterocycles. The SMILES string of the molecule is CCOc1ccc(C(=O)N2CCC(NC(=O)CSCc3cccc(C)c3)CC2)cc1. The molecule has 0 bridgehead atoms. The van der Waals surface area contributed by atoms with Gasteiger partial charge < -0.3 is 15.0 Å². The van der Waals surface area contributed by atoms with Crippen molar-refractivity contribution in [3.8, 4) is 5.75 Å². The van der Waals surface area contributed by atoms with Crippen LogP contribution in [-0.4, -0.2) is 48.2 Å². The van der Waals surface area contributed by atoms with Crippen LogP contribution in [0.5, 0.6) is 5.75 Å². The number of thioether (sulfide) groups is 1. The Morgan fingerprint density at radius 3 is 2.53 bits per heavy atom. The zero-order chi connectivity index (χ0) is 21.3. The third-order valence-corrected chi connectivity index (χ3v) is 6.15.